The first-order valence-electron chi connectivity index (χ1n) is 7.99. The monoisotopic (exact) mass is 325 g/mol. The Morgan fingerprint density at radius 3 is 2.27 bits per heavy atom. The fourth-order valence-electron chi connectivity index (χ4n) is 3.31. The molecule has 4 nitrogen and oxygen atoms in total. The Bertz CT molecular complexity index is 572. The lowest BCUT2D eigenvalue weighted by molar-refractivity contribution is 0.410. The van der Waals surface area contributed by atoms with Crippen molar-refractivity contribution in [2.45, 2.75) is 44.9 Å². The highest BCUT2D eigenvalue weighted by Gasteiger charge is 2.36. The second kappa shape index (κ2) is 7.01. The molecule has 1 N–H and O–H groups in total. The number of benzene rings is 1. The molecule has 0 aromatic heterocycles. The Labute approximate surface area is 134 Å². The summed E-state index contributed by atoms with van der Waals surface area (Å²) in [5.41, 5.74) is 1.13. The molecule has 5 heteroatoms. The van der Waals surface area contributed by atoms with E-state index in [1.165, 1.54) is 5.56 Å². The van der Waals surface area contributed by atoms with E-state index in [9.17, 15) is 8.42 Å². The molecule has 0 heterocycles. The number of ether oxygens (including phenoxy) is 1. The van der Waals surface area contributed by atoms with Crippen molar-refractivity contribution in [3.8, 4) is 5.75 Å². The maximum absolute atomic E-state index is 12.1. The number of hydrogen-bond donors (Lipinski definition) is 1. The fraction of sp³-hybridized carbons (Fsp3) is 0.647. The highest BCUT2D eigenvalue weighted by atomic mass is 32.2. The molecule has 1 fully saturated rings. The predicted octanol–water partition coefficient (Wildman–Crippen LogP) is 3.08. The van der Waals surface area contributed by atoms with E-state index in [4.69, 9.17) is 4.74 Å². The van der Waals surface area contributed by atoms with Crippen LogP contribution in [0.3, 0.4) is 0 Å². The molecule has 0 saturated heterocycles. The van der Waals surface area contributed by atoms with Crippen LogP contribution < -0.4 is 9.46 Å². The third-order valence-corrected chi connectivity index (χ3v) is 6.14. The molecule has 0 spiro atoms. The van der Waals surface area contributed by atoms with Gasteiger partial charge in [-0.3, -0.25) is 0 Å². The van der Waals surface area contributed by atoms with Crippen molar-refractivity contribution >= 4 is 10.0 Å². The zero-order valence-electron chi connectivity index (χ0n) is 13.8. The van der Waals surface area contributed by atoms with Crippen LogP contribution in [0.4, 0.5) is 0 Å². The van der Waals surface area contributed by atoms with E-state index >= 15 is 0 Å². The molecule has 2 rings (SSSR count). The van der Waals surface area contributed by atoms with E-state index in [1.54, 1.807) is 7.11 Å². The fourth-order valence-corrected chi connectivity index (χ4v) is 4.80. The van der Waals surface area contributed by atoms with Crippen molar-refractivity contribution in [2.75, 3.05) is 19.4 Å². The quantitative estimate of drug-likeness (QED) is 0.838. The first-order chi connectivity index (χ1) is 10.4. The topological polar surface area (TPSA) is 55.4 Å². The van der Waals surface area contributed by atoms with Crippen LogP contribution in [0.15, 0.2) is 24.3 Å². The number of hydrogen-bond acceptors (Lipinski definition) is 3. The predicted molar refractivity (Wildman–Crippen MR) is 89.8 cm³/mol. The molecule has 22 heavy (non-hydrogen) atoms. The van der Waals surface area contributed by atoms with Crippen LogP contribution in [0.2, 0.25) is 0 Å². The number of rotatable bonds is 7. The van der Waals surface area contributed by atoms with Gasteiger partial charge in [-0.15, -0.1) is 0 Å². The molecule has 0 unspecified atom stereocenters. The van der Waals surface area contributed by atoms with Gasteiger partial charge in [0, 0.05) is 12.0 Å². The van der Waals surface area contributed by atoms with Crippen LogP contribution in [0.5, 0.6) is 5.75 Å². The molecule has 1 aliphatic carbocycles. The zero-order valence-corrected chi connectivity index (χ0v) is 14.6. The molecule has 0 bridgehead atoms. The van der Waals surface area contributed by atoms with Crippen molar-refractivity contribution in [3.63, 3.8) is 0 Å². The van der Waals surface area contributed by atoms with Crippen molar-refractivity contribution in [1.29, 1.82) is 0 Å². The number of methoxy groups -OCH3 is 1. The second-order valence-electron chi connectivity index (χ2n) is 6.71. The minimum Gasteiger partial charge on any atom is -0.497 e. The Balaban J connectivity index is 2.14. The van der Waals surface area contributed by atoms with Gasteiger partial charge in [-0.25, -0.2) is 13.1 Å². The Morgan fingerprint density at radius 1 is 1.18 bits per heavy atom. The molecule has 0 radical (unpaired) electrons. The van der Waals surface area contributed by atoms with E-state index in [-0.39, 0.29) is 17.1 Å². The van der Waals surface area contributed by atoms with Gasteiger partial charge >= 0.3 is 0 Å². The lowest BCUT2D eigenvalue weighted by atomic mass is 9.79. The summed E-state index contributed by atoms with van der Waals surface area (Å²) in [6.07, 6.45) is 4.36. The Kier molecular flexibility index (Phi) is 5.50. The van der Waals surface area contributed by atoms with Crippen molar-refractivity contribution in [2.24, 2.45) is 5.92 Å². The van der Waals surface area contributed by atoms with Crippen molar-refractivity contribution < 1.29 is 13.2 Å². The van der Waals surface area contributed by atoms with Crippen LogP contribution in [-0.4, -0.2) is 27.8 Å². The first-order valence-corrected chi connectivity index (χ1v) is 9.64. The molecular weight excluding hydrogens is 298 g/mol. The molecule has 1 aliphatic rings. The average molecular weight is 325 g/mol. The van der Waals surface area contributed by atoms with Crippen LogP contribution in [0, 0.1) is 5.92 Å². The largest absolute Gasteiger partial charge is 0.497 e. The summed E-state index contributed by atoms with van der Waals surface area (Å²) in [5, 5.41) is 0. The SMILES string of the molecule is COc1ccc(C2(CNS(=O)(=O)CC(C)C)CCCC2)cc1. The highest BCUT2D eigenvalue weighted by Crippen LogP contribution is 2.41. The van der Waals surface area contributed by atoms with Crippen LogP contribution >= 0.6 is 0 Å². The number of nitrogens with one attached hydrogen (secondary N) is 1. The summed E-state index contributed by atoms with van der Waals surface area (Å²) in [4.78, 5) is 0. The smallest absolute Gasteiger partial charge is 0.211 e. The van der Waals surface area contributed by atoms with E-state index in [0.29, 0.717) is 6.54 Å². The summed E-state index contributed by atoms with van der Waals surface area (Å²) in [5.74, 6) is 1.15. The lowest BCUT2D eigenvalue weighted by Crippen LogP contribution is -2.40. The van der Waals surface area contributed by atoms with Gasteiger partial charge in [-0.05, 0) is 36.5 Å². The van der Waals surface area contributed by atoms with Gasteiger partial charge in [0.05, 0.1) is 12.9 Å². The standard InChI is InChI=1S/C17H27NO3S/c1-14(2)12-22(19,20)18-13-17(10-4-5-11-17)15-6-8-16(21-3)9-7-15/h6-9,14,18H,4-5,10-13H2,1-3H3. The third kappa shape index (κ3) is 4.23. The van der Waals surface area contributed by atoms with E-state index in [0.717, 1.165) is 31.4 Å². The lowest BCUT2D eigenvalue weighted by Gasteiger charge is -2.30. The van der Waals surface area contributed by atoms with Gasteiger partial charge in [0.1, 0.15) is 5.75 Å². The molecule has 0 atom stereocenters. The summed E-state index contributed by atoms with van der Waals surface area (Å²) in [6, 6.07) is 8.05. The van der Waals surface area contributed by atoms with Crippen molar-refractivity contribution in [3.05, 3.63) is 29.8 Å². The summed E-state index contributed by atoms with van der Waals surface area (Å²) < 4.78 is 32.3. The molecule has 0 aliphatic heterocycles. The van der Waals surface area contributed by atoms with Gasteiger partial charge < -0.3 is 4.74 Å². The maximum atomic E-state index is 12.1. The Hall–Kier alpha value is -1.07. The van der Waals surface area contributed by atoms with Crippen molar-refractivity contribution in [1.82, 2.24) is 4.72 Å². The van der Waals surface area contributed by atoms with Gasteiger partial charge in [0.25, 0.3) is 0 Å². The minimum atomic E-state index is -3.20. The summed E-state index contributed by atoms with van der Waals surface area (Å²) >= 11 is 0. The molecule has 124 valence electrons. The van der Waals surface area contributed by atoms with Gasteiger partial charge in [-0.1, -0.05) is 38.8 Å². The highest BCUT2D eigenvalue weighted by molar-refractivity contribution is 7.89. The van der Waals surface area contributed by atoms with Crippen LogP contribution in [0.25, 0.3) is 0 Å². The van der Waals surface area contributed by atoms with Gasteiger partial charge in [0.2, 0.25) is 10.0 Å². The zero-order chi connectivity index (χ0) is 16.2. The van der Waals surface area contributed by atoms with E-state index in [1.807, 2.05) is 26.0 Å². The first kappa shape index (κ1) is 17.3. The summed E-state index contributed by atoms with van der Waals surface area (Å²) in [6.45, 7) is 4.34. The molecule has 1 aromatic rings. The molecule has 1 saturated carbocycles. The van der Waals surface area contributed by atoms with E-state index in [2.05, 4.69) is 16.9 Å². The third-order valence-electron chi connectivity index (χ3n) is 4.45. The average Bonchev–Trinajstić information content (AvgIpc) is 2.94. The van der Waals surface area contributed by atoms with Gasteiger partial charge in [-0.2, -0.15) is 0 Å². The summed E-state index contributed by atoms with van der Waals surface area (Å²) in [7, 11) is -1.55. The minimum absolute atomic E-state index is 0.0731. The molecular formula is C17H27NO3S. The molecule has 1 aromatic carbocycles. The van der Waals surface area contributed by atoms with Gasteiger partial charge in [0.15, 0.2) is 0 Å². The second-order valence-corrected chi connectivity index (χ2v) is 8.56. The maximum Gasteiger partial charge on any atom is 0.211 e. The van der Waals surface area contributed by atoms with Crippen LogP contribution in [0.1, 0.15) is 45.1 Å². The van der Waals surface area contributed by atoms with Crippen LogP contribution in [-0.2, 0) is 15.4 Å². The Morgan fingerprint density at radius 2 is 1.77 bits per heavy atom. The number of sulfonamides is 1. The normalized spacial score (nSPS) is 17.8. The molecule has 0 amide bonds. The van der Waals surface area contributed by atoms with E-state index < -0.39 is 10.0 Å².